The SMILES string of the molecule is CCOCCCC(=O)N1[C@@H](C)CCC[C@H]1c1ccccc1. The van der Waals surface area contributed by atoms with Gasteiger partial charge in [-0.1, -0.05) is 30.3 Å². The van der Waals surface area contributed by atoms with Gasteiger partial charge in [-0.3, -0.25) is 4.79 Å². The Hall–Kier alpha value is -1.35. The molecule has 0 unspecified atom stereocenters. The number of rotatable bonds is 6. The second-order valence-electron chi connectivity index (χ2n) is 5.81. The number of carbonyl (C=O) groups is 1. The van der Waals surface area contributed by atoms with Crippen molar-refractivity contribution in [3.8, 4) is 0 Å². The lowest BCUT2D eigenvalue weighted by Crippen LogP contribution is -2.44. The molecule has 1 amide bonds. The molecule has 1 aliphatic heterocycles. The third kappa shape index (κ3) is 4.31. The number of likely N-dealkylation sites (tertiary alicyclic amines) is 1. The van der Waals surface area contributed by atoms with Crippen molar-refractivity contribution < 1.29 is 9.53 Å². The van der Waals surface area contributed by atoms with E-state index in [4.69, 9.17) is 4.74 Å². The molecule has 116 valence electrons. The molecule has 1 fully saturated rings. The monoisotopic (exact) mass is 289 g/mol. The van der Waals surface area contributed by atoms with E-state index in [9.17, 15) is 4.79 Å². The van der Waals surface area contributed by atoms with Gasteiger partial charge in [-0.25, -0.2) is 0 Å². The van der Waals surface area contributed by atoms with Gasteiger partial charge in [-0.2, -0.15) is 0 Å². The summed E-state index contributed by atoms with van der Waals surface area (Å²) in [4.78, 5) is 14.7. The summed E-state index contributed by atoms with van der Waals surface area (Å²) in [6.07, 6.45) is 4.79. The molecule has 0 bridgehead atoms. The number of piperidine rings is 1. The summed E-state index contributed by atoms with van der Waals surface area (Å²) in [5.74, 6) is 0.274. The van der Waals surface area contributed by atoms with Gasteiger partial charge in [0, 0.05) is 25.7 Å². The number of hydrogen-bond acceptors (Lipinski definition) is 2. The first-order chi connectivity index (χ1) is 10.2. The summed E-state index contributed by atoms with van der Waals surface area (Å²) in [5.41, 5.74) is 1.27. The van der Waals surface area contributed by atoms with Crippen LogP contribution in [0.2, 0.25) is 0 Å². The van der Waals surface area contributed by atoms with Gasteiger partial charge in [0.05, 0.1) is 6.04 Å². The van der Waals surface area contributed by atoms with Crippen LogP contribution in [0.25, 0.3) is 0 Å². The first-order valence-corrected chi connectivity index (χ1v) is 8.18. The normalized spacial score (nSPS) is 22.3. The molecular weight excluding hydrogens is 262 g/mol. The van der Waals surface area contributed by atoms with Crippen LogP contribution in [0, 0.1) is 0 Å². The van der Waals surface area contributed by atoms with Crippen LogP contribution in [0.1, 0.15) is 57.6 Å². The Morgan fingerprint density at radius 2 is 2.05 bits per heavy atom. The Balaban J connectivity index is 2.03. The molecule has 1 heterocycles. The maximum absolute atomic E-state index is 12.6. The molecule has 1 saturated heterocycles. The van der Waals surface area contributed by atoms with Crippen LogP contribution in [-0.4, -0.2) is 30.1 Å². The molecule has 1 aliphatic rings. The van der Waals surface area contributed by atoms with Crippen LogP contribution < -0.4 is 0 Å². The Morgan fingerprint density at radius 1 is 1.29 bits per heavy atom. The molecule has 3 nitrogen and oxygen atoms in total. The second kappa shape index (κ2) is 8.18. The largest absolute Gasteiger partial charge is 0.382 e. The molecule has 0 aromatic heterocycles. The van der Waals surface area contributed by atoms with Gasteiger partial charge in [0.2, 0.25) is 5.91 Å². The van der Waals surface area contributed by atoms with Crippen molar-refractivity contribution in [3.63, 3.8) is 0 Å². The van der Waals surface area contributed by atoms with Crippen molar-refractivity contribution in [1.29, 1.82) is 0 Å². The predicted molar refractivity (Wildman–Crippen MR) is 85.1 cm³/mol. The van der Waals surface area contributed by atoms with Crippen LogP contribution in [0.4, 0.5) is 0 Å². The summed E-state index contributed by atoms with van der Waals surface area (Å²) < 4.78 is 5.34. The van der Waals surface area contributed by atoms with E-state index in [1.54, 1.807) is 0 Å². The summed E-state index contributed by atoms with van der Waals surface area (Å²) >= 11 is 0. The number of hydrogen-bond donors (Lipinski definition) is 0. The van der Waals surface area contributed by atoms with Crippen molar-refractivity contribution in [2.24, 2.45) is 0 Å². The highest BCUT2D eigenvalue weighted by molar-refractivity contribution is 5.77. The topological polar surface area (TPSA) is 29.5 Å². The van der Waals surface area contributed by atoms with Crippen molar-refractivity contribution in [3.05, 3.63) is 35.9 Å². The van der Waals surface area contributed by atoms with Gasteiger partial charge in [0.15, 0.2) is 0 Å². The Kier molecular flexibility index (Phi) is 6.24. The number of ether oxygens (including phenoxy) is 1. The Morgan fingerprint density at radius 3 is 2.76 bits per heavy atom. The van der Waals surface area contributed by atoms with Crippen molar-refractivity contribution in [2.45, 2.75) is 58.0 Å². The highest BCUT2D eigenvalue weighted by Crippen LogP contribution is 2.34. The first-order valence-electron chi connectivity index (χ1n) is 8.18. The maximum atomic E-state index is 12.6. The third-order valence-corrected chi connectivity index (χ3v) is 4.27. The average molecular weight is 289 g/mol. The quantitative estimate of drug-likeness (QED) is 0.742. The zero-order valence-corrected chi connectivity index (χ0v) is 13.3. The fourth-order valence-corrected chi connectivity index (χ4v) is 3.21. The number of amides is 1. The van der Waals surface area contributed by atoms with E-state index >= 15 is 0 Å². The summed E-state index contributed by atoms with van der Waals surface area (Å²) in [7, 11) is 0. The molecule has 0 aliphatic carbocycles. The van der Waals surface area contributed by atoms with Crippen LogP contribution >= 0.6 is 0 Å². The minimum Gasteiger partial charge on any atom is -0.382 e. The molecule has 0 N–H and O–H groups in total. The second-order valence-corrected chi connectivity index (χ2v) is 5.81. The van der Waals surface area contributed by atoms with E-state index in [1.807, 2.05) is 13.0 Å². The van der Waals surface area contributed by atoms with Crippen LogP contribution in [0.15, 0.2) is 30.3 Å². The zero-order valence-electron chi connectivity index (χ0n) is 13.3. The average Bonchev–Trinajstić information content (AvgIpc) is 2.52. The Bertz CT molecular complexity index is 432. The van der Waals surface area contributed by atoms with Gasteiger partial charge in [-0.05, 0) is 45.1 Å². The number of benzene rings is 1. The molecular formula is C18H27NO2. The van der Waals surface area contributed by atoms with Gasteiger partial charge in [0.25, 0.3) is 0 Å². The minimum absolute atomic E-state index is 0.245. The molecule has 1 aromatic rings. The van der Waals surface area contributed by atoms with E-state index in [1.165, 1.54) is 12.0 Å². The zero-order chi connectivity index (χ0) is 15.1. The fraction of sp³-hybridized carbons (Fsp3) is 0.611. The van der Waals surface area contributed by atoms with Gasteiger partial charge < -0.3 is 9.64 Å². The summed E-state index contributed by atoms with van der Waals surface area (Å²) in [6.45, 7) is 5.57. The van der Waals surface area contributed by atoms with Crippen LogP contribution in [0.3, 0.4) is 0 Å². The van der Waals surface area contributed by atoms with Gasteiger partial charge in [0.1, 0.15) is 0 Å². The highest BCUT2D eigenvalue weighted by atomic mass is 16.5. The molecule has 0 spiro atoms. The number of nitrogens with zero attached hydrogens (tertiary/aromatic N) is 1. The lowest BCUT2D eigenvalue weighted by atomic mass is 9.91. The minimum atomic E-state index is 0.245. The van der Waals surface area contributed by atoms with Crippen molar-refractivity contribution in [2.75, 3.05) is 13.2 Å². The van der Waals surface area contributed by atoms with Crippen molar-refractivity contribution >= 4 is 5.91 Å². The maximum Gasteiger partial charge on any atom is 0.223 e. The fourth-order valence-electron chi connectivity index (χ4n) is 3.21. The summed E-state index contributed by atoms with van der Waals surface area (Å²) in [6, 6.07) is 11.0. The van der Waals surface area contributed by atoms with Gasteiger partial charge in [-0.15, -0.1) is 0 Å². The number of carbonyl (C=O) groups excluding carboxylic acids is 1. The van der Waals surface area contributed by atoms with E-state index in [0.717, 1.165) is 25.9 Å². The van der Waals surface area contributed by atoms with Crippen LogP contribution in [0.5, 0.6) is 0 Å². The van der Waals surface area contributed by atoms with Crippen molar-refractivity contribution in [1.82, 2.24) is 4.90 Å². The standard InChI is InChI=1S/C18H27NO2/c1-3-21-14-8-13-18(20)19-15(2)9-7-12-17(19)16-10-5-4-6-11-16/h4-6,10-11,15,17H,3,7-9,12-14H2,1-2H3/t15-,17-/m0/s1. The molecule has 21 heavy (non-hydrogen) atoms. The van der Waals surface area contributed by atoms with E-state index in [2.05, 4.69) is 36.1 Å². The Labute approximate surface area is 128 Å². The van der Waals surface area contributed by atoms with Gasteiger partial charge >= 0.3 is 0 Å². The lowest BCUT2D eigenvalue weighted by molar-refractivity contribution is -0.138. The lowest BCUT2D eigenvalue weighted by Gasteiger charge is -2.41. The molecule has 2 rings (SSSR count). The molecule has 3 heteroatoms. The summed E-state index contributed by atoms with van der Waals surface area (Å²) in [5, 5.41) is 0. The molecule has 0 saturated carbocycles. The van der Waals surface area contributed by atoms with E-state index in [0.29, 0.717) is 19.1 Å². The van der Waals surface area contributed by atoms with Crippen LogP contribution in [-0.2, 0) is 9.53 Å². The molecule has 1 aromatic carbocycles. The molecule has 0 radical (unpaired) electrons. The first kappa shape index (κ1) is 16.0. The van der Waals surface area contributed by atoms with E-state index in [-0.39, 0.29) is 11.9 Å². The smallest absolute Gasteiger partial charge is 0.223 e. The predicted octanol–water partition coefficient (Wildman–Crippen LogP) is 3.95. The highest BCUT2D eigenvalue weighted by Gasteiger charge is 2.32. The third-order valence-electron chi connectivity index (χ3n) is 4.27. The molecule has 2 atom stereocenters. The van der Waals surface area contributed by atoms with E-state index < -0.39 is 0 Å².